The van der Waals surface area contributed by atoms with Crippen molar-refractivity contribution in [3.8, 4) is 0 Å². The molecule has 0 saturated carbocycles. The molecule has 0 aliphatic carbocycles. The lowest BCUT2D eigenvalue weighted by Gasteiger charge is -2.09. The van der Waals surface area contributed by atoms with Crippen molar-refractivity contribution in [2.24, 2.45) is 0 Å². The third-order valence-corrected chi connectivity index (χ3v) is 4.81. The van der Waals surface area contributed by atoms with E-state index in [1.165, 1.54) is 0 Å². The third-order valence-electron chi connectivity index (χ3n) is 4.81. The van der Waals surface area contributed by atoms with E-state index in [0.29, 0.717) is 30.0 Å². The molecule has 2 heterocycles. The molecule has 0 saturated heterocycles. The number of aromatic nitrogens is 4. The number of benzene rings is 1. The zero-order valence-electron chi connectivity index (χ0n) is 16.8. The van der Waals surface area contributed by atoms with Crippen molar-refractivity contribution in [1.82, 2.24) is 24.9 Å². The summed E-state index contributed by atoms with van der Waals surface area (Å²) >= 11 is 0. The zero-order chi connectivity index (χ0) is 21.0. The van der Waals surface area contributed by atoms with Crippen molar-refractivity contribution < 1.29 is 9.72 Å². The van der Waals surface area contributed by atoms with E-state index in [4.69, 9.17) is 0 Å². The normalized spacial score (nSPS) is 10.9. The zero-order valence-corrected chi connectivity index (χ0v) is 16.8. The lowest BCUT2D eigenvalue weighted by Crippen LogP contribution is -2.25. The molecular weight excluding hydrogens is 372 g/mol. The maximum atomic E-state index is 12.4. The fourth-order valence-corrected chi connectivity index (χ4v) is 3.26. The Morgan fingerprint density at radius 2 is 2.00 bits per heavy atom. The van der Waals surface area contributed by atoms with Gasteiger partial charge >= 0.3 is 5.69 Å². The molecule has 0 radical (unpaired) electrons. The summed E-state index contributed by atoms with van der Waals surface area (Å²) in [7, 11) is 0. The van der Waals surface area contributed by atoms with Gasteiger partial charge in [0, 0.05) is 30.5 Å². The highest BCUT2D eigenvalue weighted by molar-refractivity contribution is 5.94. The molecule has 1 N–H and O–H groups in total. The highest BCUT2D eigenvalue weighted by Gasteiger charge is 2.21. The van der Waals surface area contributed by atoms with Crippen LogP contribution < -0.4 is 5.32 Å². The Hall–Kier alpha value is -3.49. The first kappa shape index (κ1) is 20.2. The van der Waals surface area contributed by atoms with E-state index in [-0.39, 0.29) is 11.6 Å². The first-order valence-electron chi connectivity index (χ1n) is 9.40. The number of nitro groups is 1. The van der Waals surface area contributed by atoms with Gasteiger partial charge in [-0.15, -0.1) is 0 Å². The van der Waals surface area contributed by atoms with Gasteiger partial charge in [0.1, 0.15) is 11.4 Å². The minimum atomic E-state index is -0.414. The van der Waals surface area contributed by atoms with Gasteiger partial charge in [0.2, 0.25) is 0 Å². The van der Waals surface area contributed by atoms with Crippen molar-refractivity contribution >= 4 is 11.6 Å². The van der Waals surface area contributed by atoms with Gasteiger partial charge < -0.3 is 5.32 Å². The maximum Gasteiger partial charge on any atom is 0.312 e. The predicted molar refractivity (Wildman–Crippen MR) is 108 cm³/mol. The Morgan fingerprint density at radius 1 is 1.21 bits per heavy atom. The van der Waals surface area contributed by atoms with Crippen LogP contribution in [0.15, 0.2) is 36.5 Å². The molecular formula is C20H24N6O3. The van der Waals surface area contributed by atoms with Gasteiger partial charge in [-0.05, 0) is 51.0 Å². The van der Waals surface area contributed by atoms with E-state index in [1.807, 2.05) is 23.7 Å². The molecule has 3 aromatic rings. The summed E-state index contributed by atoms with van der Waals surface area (Å²) < 4.78 is 3.50. The van der Waals surface area contributed by atoms with Crippen molar-refractivity contribution in [3.05, 3.63) is 74.9 Å². The topological polar surface area (TPSA) is 108 Å². The van der Waals surface area contributed by atoms with Gasteiger partial charge in [-0.25, -0.2) is 0 Å². The van der Waals surface area contributed by atoms with Crippen molar-refractivity contribution in [1.29, 1.82) is 0 Å². The molecule has 0 spiro atoms. The van der Waals surface area contributed by atoms with Crippen LogP contribution in [0.1, 0.15) is 39.4 Å². The van der Waals surface area contributed by atoms with E-state index >= 15 is 0 Å². The SMILES string of the molecule is Cc1nn(Cc2cccc(C(=O)NCCCn3nccc3C)c2)c(C)c1[N+](=O)[O-]. The highest BCUT2D eigenvalue weighted by Crippen LogP contribution is 2.22. The molecule has 0 aliphatic heterocycles. The first-order valence-corrected chi connectivity index (χ1v) is 9.40. The van der Waals surface area contributed by atoms with E-state index in [9.17, 15) is 14.9 Å². The quantitative estimate of drug-likeness (QED) is 0.358. The minimum absolute atomic E-state index is 0.0336. The molecule has 0 aliphatic rings. The van der Waals surface area contributed by atoms with E-state index < -0.39 is 4.92 Å². The predicted octanol–water partition coefficient (Wildman–Crippen LogP) is 2.78. The van der Waals surface area contributed by atoms with Crippen LogP contribution in [-0.4, -0.2) is 36.9 Å². The van der Waals surface area contributed by atoms with Crippen molar-refractivity contribution in [2.75, 3.05) is 6.54 Å². The second-order valence-electron chi connectivity index (χ2n) is 6.94. The second-order valence-corrected chi connectivity index (χ2v) is 6.94. The monoisotopic (exact) mass is 396 g/mol. The number of hydrogen-bond acceptors (Lipinski definition) is 5. The smallest absolute Gasteiger partial charge is 0.312 e. The molecule has 0 fully saturated rings. The van der Waals surface area contributed by atoms with E-state index in [1.54, 1.807) is 42.9 Å². The summed E-state index contributed by atoms with van der Waals surface area (Å²) in [6, 6.07) is 9.16. The fourth-order valence-electron chi connectivity index (χ4n) is 3.26. The molecule has 0 unspecified atom stereocenters. The molecule has 3 rings (SSSR count). The number of nitrogens with one attached hydrogen (secondary N) is 1. The molecule has 0 atom stereocenters. The minimum Gasteiger partial charge on any atom is -0.352 e. The van der Waals surface area contributed by atoms with Crippen LogP contribution >= 0.6 is 0 Å². The summed E-state index contributed by atoms with van der Waals surface area (Å²) in [5.41, 5.74) is 3.41. The molecule has 29 heavy (non-hydrogen) atoms. The average Bonchev–Trinajstić information content (AvgIpc) is 3.21. The first-order chi connectivity index (χ1) is 13.9. The number of carbonyl (C=O) groups is 1. The molecule has 0 bridgehead atoms. The maximum absolute atomic E-state index is 12.4. The van der Waals surface area contributed by atoms with Crippen LogP contribution in [0.5, 0.6) is 0 Å². The number of carbonyl (C=O) groups excluding carboxylic acids is 1. The van der Waals surface area contributed by atoms with Crippen LogP contribution in [0.4, 0.5) is 5.69 Å². The summed E-state index contributed by atoms with van der Waals surface area (Å²) in [5.74, 6) is -0.150. The highest BCUT2D eigenvalue weighted by atomic mass is 16.6. The lowest BCUT2D eigenvalue weighted by atomic mass is 10.1. The number of amides is 1. The van der Waals surface area contributed by atoms with Crippen LogP contribution in [0.2, 0.25) is 0 Å². The van der Waals surface area contributed by atoms with Gasteiger partial charge in [0.15, 0.2) is 0 Å². The lowest BCUT2D eigenvalue weighted by molar-refractivity contribution is -0.386. The van der Waals surface area contributed by atoms with Gasteiger partial charge in [-0.1, -0.05) is 12.1 Å². The fraction of sp³-hybridized carbons (Fsp3) is 0.350. The molecule has 9 nitrogen and oxygen atoms in total. The van der Waals surface area contributed by atoms with Gasteiger partial charge in [0.05, 0.1) is 11.5 Å². The summed E-state index contributed by atoms with van der Waals surface area (Å²) in [6.07, 6.45) is 2.54. The number of nitrogens with zero attached hydrogens (tertiary/aromatic N) is 5. The Morgan fingerprint density at radius 3 is 2.66 bits per heavy atom. The Kier molecular flexibility index (Phi) is 6.06. The van der Waals surface area contributed by atoms with E-state index in [0.717, 1.165) is 24.2 Å². The van der Waals surface area contributed by atoms with Gasteiger partial charge in [0.25, 0.3) is 5.91 Å². The summed E-state index contributed by atoms with van der Waals surface area (Å²) in [6.45, 7) is 6.95. The van der Waals surface area contributed by atoms with E-state index in [2.05, 4.69) is 15.5 Å². The summed E-state index contributed by atoms with van der Waals surface area (Å²) in [4.78, 5) is 23.2. The summed E-state index contributed by atoms with van der Waals surface area (Å²) in [5, 5.41) is 22.6. The van der Waals surface area contributed by atoms with Crippen LogP contribution in [0.25, 0.3) is 0 Å². The second kappa shape index (κ2) is 8.68. The third kappa shape index (κ3) is 4.68. The number of rotatable bonds is 8. The molecule has 1 amide bonds. The molecule has 1 aromatic carbocycles. The Bertz CT molecular complexity index is 1040. The Labute approximate surface area is 168 Å². The van der Waals surface area contributed by atoms with Crippen molar-refractivity contribution in [2.45, 2.75) is 40.3 Å². The molecule has 152 valence electrons. The standard InChI is InChI=1S/C20H24N6O3/c1-14-8-10-22-24(14)11-5-9-21-20(27)18-7-4-6-17(12-18)13-25-16(3)19(26(28)29)15(2)23-25/h4,6-8,10,12H,5,9,11,13H2,1-3H3,(H,21,27). The van der Waals surface area contributed by atoms with Gasteiger partial charge in [-0.2, -0.15) is 10.2 Å². The number of aryl methyl sites for hydroxylation is 3. The molecule has 9 heteroatoms. The van der Waals surface area contributed by atoms with Crippen LogP contribution in [-0.2, 0) is 13.1 Å². The van der Waals surface area contributed by atoms with Crippen molar-refractivity contribution in [3.63, 3.8) is 0 Å². The Balaban J connectivity index is 1.60. The van der Waals surface area contributed by atoms with Crippen LogP contribution in [0.3, 0.4) is 0 Å². The largest absolute Gasteiger partial charge is 0.352 e. The van der Waals surface area contributed by atoms with Gasteiger partial charge in [-0.3, -0.25) is 24.3 Å². The van der Waals surface area contributed by atoms with Crippen LogP contribution in [0, 0.1) is 30.9 Å². The average molecular weight is 396 g/mol. The molecule has 2 aromatic heterocycles. The number of hydrogen-bond donors (Lipinski definition) is 1.